The first-order valence-corrected chi connectivity index (χ1v) is 12.8. The maximum atomic E-state index is 13.8. The highest BCUT2D eigenvalue weighted by atomic mass is 35.5. The van der Waals surface area contributed by atoms with Crippen LogP contribution in [0.15, 0.2) is 61.1 Å². The van der Waals surface area contributed by atoms with Crippen molar-refractivity contribution < 1.29 is 4.39 Å². The molecule has 11 heteroatoms. The van der Waals surface area contributed by atoms with Crippen LogP contribution in [0.4, 0.5) is 21.5 Å². The first-order valence-electron chi connectivity index (χ1n) is 12.1. The van der Waals surface area contributed by atoms with Gasteiger partial charge in [0.2, 0.25) is 0 Å². The van der Waals surface area contributed by atoms with E-state index in [1.165, 1.54) is 24.4 Å². The highest BCUT2D eigenvalue weighted by Crippen LogP contribution is 2.37. The molecule has 0 saturated heterocycles. The van der Waals surface area contributed by atoms with Gasteiger partial charge < -0.3 is 10.6 Å². The first kappa shape index (κ1) is 26.4. The molecule has 0 saturated carbocycles. The summed E-state index contributed by atoms with van der Waals surface area (Å²) in [5.41, 5.74) is 4.89. The molecule has 196 valence electrons. The van der Waals surface area contributed by atoms with E-state index in [0.29, 0.717) is 38.7 Å². The Morgan fingerprint density at radius 3 is 2.54 bits per heavy atom. The van der Waals surface area contributed by atoms with Gasteiger partial charge in [0.15, 0.2) is 0 Å². The lowest BCUT2D eigenvalue weighted by molar-refractivity contribution is 0.514. The van der Waals surface area contributed by atoms with Crippen LogP contribution in [0, 0.1) is 24.1 Å². The molecule has 1 atom stereocenters. The Balaban J connectivity index is 1.63. The summed E-state index contributed by atoms with van der Waals surface area (Å²) in [5.74, 6) is -0.539. The van der Waals surface area contributed by atoms with Crippen LogP contribution in [0.3, 0.4) is 0 Å². The van der Waals surface area contributed by atoms with Crippen molar-refractivity contribution in [1.82, 2.24) is 25.0 Å². The van der Waals surface area contributed by atoms with E-state index in [4.69, 9.17) is 23.2 Å². The van der Waals surface area contributed by atoms with Gasteiger partial charge in [-0.25, -0.2) is 9.07 Å². The second kappa shape index (κ2) is 10.8. The number of pyridine rings is 2. The van der Waals surface area contributed by atoms with E-state index in [1.54, 1.807) is 16.9 Å². The molecule has 3 aromatic heterocycles. The molecule has 2 aromatic carbocycles. The Morgan fingerprint density at radius 1 is 1.05 bits per heavy atom. The fourth-order valence-electron chi connectivity index (χ4n) is 4.24. The molecule has 0 fully saturated rings. The number of rotatable bonds is 7. The zero-order valence-electron chi connectivity index (χ0n) is 21.2. The predicted octanol–water partition coefficient (Wildman–Crippen LogP) is 7.37. The minimum atomic E-state index is -0.539. The average Bonchev–Trinajstić information content (AvgIpc) is 3.41. The number of hydrogen-bond acceptors (Lipinski definition) is 7. The molecule has 5 aromatic rings. The Labute approximate surface area is 234 Å². The number of aryl methyl sites for hydroxylation is 1. The first-order chi connectivity index (χ1) is 18.7. The van der Waals surface area contributed by atoms with Crippen molar-refractivity contribution in [2.75, 3.05) is 10.6 Å². The van der Waals surface area contributed by atoms with E-state index in [0.717, 1.165) is 11.3 Å². The number of aromatic nitrogens is 5. The fraction of sp³-hybridized carbons (Fsp3) is 0.179. The molecule has 5 rings (SSSR count). The predicted molar refractivity (Wildman–Crippen MR) is 151 cm³/mol. The van der Waals surface area contributed by atoms with Crippen LogP contribution in [0.5, 0.6) is 0 Å². The minimum absolute atomic E-state index is 0.0404. The molecule has 0 radical (unpaired) electrons. The summed E-state index contributed by atoms with van der Waals surface area (Å²) >= 11 is 12.7. The molecule has 39 heavy (non-hydrogen) atoms. The molecule has 0 aliphatic carbocycles. The van der Waals surface area contributed by atoms with E-state index in [-0.39, 0.29) is 22.7 Å². The van der Waals surface area contributed by atoms with Gasteiger partial charge in [-0.3, -0.25) is 9.97 Å². The topological polar surface area (TPSA) is 104 Å². The maximum absolute atomic E-state index is 13.8. The highest BCUT2D eigenvalue weighted by Gasteiger charge is 2.22. The Hall–Kier alpha value is -4.26. The third-order valence-electron chi connectivity index (χ3n) is 6.26. The van der Waals surface area contributed by atoms with Crippen molar-refractivity contribution in [3.05, 3.63) is 99.4 Å². The van der Waals surface area contributed by atoms with Crippen LogP contribution in [0.1, 0.15) is 48.4 Å². The van der Waals surface area contributed by atoms with Gasteiger partial charge in [-0.2, -0.15) is 5.26 Å². The van der Waals surface area contributed by atoms with Gasteiger partial charge >= 0.3 is 0 Å². The number of halogens is 3. The second-order valence-electron chi connectivity index (χ2n) is 9.24. The number of fused-ring (bicyclic) bond motifs is 1. The van der Waals surface area contributed by atoms with Gasteiger partial charge in [0.1, 0.15) is 17.6 Å². The second-order valence-corrected chi connectivity index (χ2v) is 10.1. The van der Waals surface area contributed by atoms with E-state index >= 15 is 0 Å². The molecule has 1 unspecified atom stereocenters. The van der Waals surface area contributed by atoms with Crippen LogP contribution in [0.2, 0.25) is 10.0 Å². The molecule has 0 aliphatic rings. The smallest absolute Gasteiger partial charge is 0.141 e. The Morgan fingerprint density at radius 2 is 1.85 bits per heavy atom. The minimum Gasteiger partial charge on any atom is -0.373 e. The van der Waals surface area contributed by atoms with Crippen molar-refractivity contribution in [1.29, 1.82) is 5.26 Å². The lowest BCUT2D eigenvalue weighted by Crippen LogP contribution is -2.15. The monoisotopic (exact) mass is 560 g/mol. The third kappa shape index (κ3) is 5.35. The molecule has 2 N–H and O–H groups in total. The highest BCUT2D eigenvalue weighted by molar-refractivity contribution is 6.36. The van der Waals surface area contributed by atoms with Crippen molar-refractivity contribution >= 4 is 51.2 Å². The third-order valence-corrected chi connectivity index (χ3v) is 6.83. The van der Waals surface area contributed by atoms with Gasteiger partial charge in [-0.1, -0.05) is 34.5 Å². The molecular formula is C28H23Cl2FN8. The van der Waals surface area contributed by atoms with Gasteiger partial charge in [0.05, 0.1) is 39.1 Å². The summed E-state index contributed by atoms with van der Waals surface area (Å²) in [4.78, 5) is 8.87. The van der Waals surface area contributed by atoms with Crippen LogP contribution in [-0.2, 0) is 0 Å². The SMILES string of the molecule is Cc1ncccc1C(Nc1cc(Cl)c2ncc(C#N)c(Nc3ccc(F)c(Cl)c3)c2c1)c1cn(C(C)C)nn1. The summed E-state index contributed by atoms with van der Waals surface area (Å²) in [6.07, 6.45) is 5.08. The molecule has 0 bridgehead atoms. The largest absolute Gasteiger partial charge is 0.373 e. The van der Waals surface area contributed by atoms with Gasteiger partial charge in [0.25, 0.3) is 0 Å². The van der Waals surface area contributed by atoms with Crippen LogP contribution in [-0.4, -0.2) is 25.0 Å². The lowest BCUT2D eigenvalue weighted by Gasteiger charge is -2.21. The molecule has 8 nitrogen and oxygen atoms in total. The number of nitrogens with zero attached hydrogens (tertiary/aromatic N) is 6. The molecule has 0 spiro atoms. The summed E-state index contributed by atoms with van der Waals surface area (Å²) in [5, 5.41) is 26.2. The van der Waals surface area contributed by atoms with Gasteiger partial charge in [-0.15, -0.1) is 5.10 Å². The molecular weight excluding hydrogens is 538 g/mol. The van der Waals surface area contributed by atoms with Gasteiger partial charge in [-0.05, 0) is 57.2 Å². The fourth-order valence-corrected chi connectivity index (χ4v) is 4.68. The lowest BCUT2D eigenvalue weighted by atomic mass is 10.0. The zero-order valence-corrected chi connectivity index (χ0v) is 22.8. The maximum Gasteiger partial charge on any atom is 0.141 e. The number of nitriles is 1. The average molecular weight is 561 g/mol. The summed E-state index contributed by atoms with van der Waals surface area (Å²) in [7, 11) is 0. The summed E-state index contributed by atoms with van der Waals surface area (Å²) in [6, 6.07) is 13.6. The number of nitrogens with one attached hydrogen (secondary N) is 2. The van der Waals surface area contributed by atoms with E-state index in [9.17, 15) is 9.65 Å². The Bertz CT molecular complexity index is 1730. The number of hydrogen-bond donors (Lipinski definition) is 2. The zero-order chi connectivity index (χ0) is 27.7. The molecule has 3 heterocycles. The van der Waals surface area contributed by atoms with E-state index < -0.39 is 5.82 Å². The normalized spacial score (nSPS) is 11.9. The molecule has 0 amide bonds. The standard InChI is InChI=1S/C28H23Cl2FN8/c1-15(2)39-14-25(37-38-39)28(20-5-4-8-33-16(20)3)36-19-9-21-26(35-18-6-7-24(31)22(29)10-18)17(12-32)13-34-27(21)23(30)11-19/h4-11,13-15,28,36H,1-3H3,(H,34,35). The van der Waals surface area contributed by atoms with Crippen LogP contribution >= 0.6 is 23.2 Å². The van der Waals surface area contributed by atoms with Crippen molar-refractivity contribution in [3.63, 3.8) is 0 Å². The summed E-state index contributed by atoms with van der Waals surface area (Å²) in [6.45, 7) is 5.99. The van der Waals surface area contributed by atoms with Gasteiger partial charge in [0, 0.05) is 46.5 Å². The quantitative estimate of drug-likeness (QED) is 0.214. The number of anilines is 3. The summed E-state index contributed by atoms with van der Waals surface area (Å²) < 4.78 is 15.5. The Kier molecular flexibility index (Phi) is 7.33. The van der Waals surface area contributed by atoms with Crippen LogP contribution < -0.4 is 10.6 Å². The van der Waals surface area contributed by atoms with E-state index in [1.807, 2.05) is 45.2 Å². The van der Waals surface area contributed by atoms with Crippen molar-refractivity contribution in [2.24, 2.45) is 0 Å². The van der Waals surface area contributed by atoms with Crippen molar-refractivity contribution in [3.8, 4) is 6.07 Å². The molecule has 0 aliphatic heterocycles. The number of benzene rings is 2. The van der Waals surface area contributed by atoms with Crippen molar-refractivity contribution in [2.45, 2.75) is 32.9 Å². The van der Waals surface area contributed by atoms with Crippen LogP contribution in [0.25, 0.3) is 10.9 Å². The van der Waals surface area contributed by atoms with E-state index in [2.05, 4.69) is 37.0 Å².